The van der Waals surface area contributed by atoms with Crippen LogP contribution in [-0.4, -0.2) is 27.2 Å². The minimum absolute atomic E-state index is 0.0180. The lowest BCUT2D eigenvalue weighted by Crippen LogP contribution is -2.25. The quantitative estimate of drug-likeness (QED) is 0.696. The fourth-order valence-electron chi connectivity index (χ4n) is 1.19. The normalized spacial score (nSPS) is 14.5. The highest BCUT2D eigenvalue weighted by Crippen LogP contribution is 2.30. The van der Waals surface area contributed by atoms with E-state index < -0.39 is 18.1 Å². The van der Waals surface area contributed by atoms with Gasteiger partial charge in [-0.1, -0.05) is 23.2 Å². The average Bonchev–Trinajstić information content (AvgIpc) is 2.20. The van der Waals surface area contributed by atoms with E-state index in [4.69, 9.17) is 28.9 Å². The van der Waals surface area contributed by atoms with Crippen molar-refractivity contribution in [1.29, 1.82) is 0 Å². The number of nitrogens with two attached hydrogens (primary N) is 1. The van der Waals surface area contributed by atoms with Gasteiger partial charge in [0, 0.05) is 11.8 Å². The first-order valence-corrected chi connectivity index (χ1v) is 5.13. The van der Waals surface area contributed by atoms with Crippen molar-refractivity contribution in [2.24, 2.45) is 5.73 Å². The van der Waals surface area contributed by atoms with Crippen LogP contribution in [0.25, 0.3) is 0 Å². The Morgan fingerprint density at radius 3 is 2.69 bits per heavy atom. The number of aliphatic hydroxyl groups is 2. The van der Waals surface area contributed by atoms with Crippen LogP contribution in [0, 0.1) is 0 Å². The number of amides is 1. The molecule has 1 aromatic heterocycles. The van der Waals surface area contributed by atoms with Gasteiger partial charge in [-0.2, -0.15) is 0 Å². The molecule has 1 rings (SSSR count). The van der Waals surface area contributed by atoms with Gasteiger partial charge in [-0.3, -0.25) is 4.79 Å². The summed E-state index contributed by atoms with van der Waals surface area (Å²) in [4.78, 5) is 14.3. The lowest BCUT2D eigenvalue weighted by Gasteiger charge is -2.17. The van der Waals surface area contributed by atoms with Gasteiger partial charge in [-0.25, -0.2) is 4.98 Å². The zero-order chi connectivity index (χ0) is 12.3. The monoisotopic (exact) mass is 264 g/mol. The van der Waals surface area contributed by atoms with Crippen LogP contribution in [0.15, 0.2) is 12.3 Å². The van der Waals surface area contributed by atoms with Gasteiger partial charge in [-0.15, -0.1) is 0 Å². The Hall–Kier alpha value is -0.880. The zero-order valence-corrected chi connectivity index (χ0v) is 9.61. The summed E-state index contributed by atoms with van der Waals surface area (Å²) in [6.45, 7) is 0. The largest absolute Gasteiger partial charge is 0.390 e. The second-order valence-corrected chi connectivity index (χ2v) is 3.92. The molecule has 5 nitrogen and oxygen atoms in total. The maximum absolute atomic E-state index is 10.6. The highest BCUT2D eigenvalue weighted by atomic mass is 35.5. The molecule has 0 aliphatic carbocycles. The summed E-state index contributed by atoms with van der Waals surface area (Å²) < 4.78 is 0. The van der Waals surface area contributed by atoms with Crippen LogP contribution in [0.1, 0.15) is 18.1 Å². The molecule has 0 bridgehead atoms. The number of pyridine rings is 1. The van der Waals surface area contributed by atoms with Crippen LogP contribution >= 0.6 is 23.2 Å². The number of aliphatic hydroxyl groups excluding tert-OH is 2. The molecule has 0 aromatic carbocycles. The van der Waals surface area contributed by atoms with E-state index >= 15 is 0 Å². The number of carbonyl (C=O) groups excluding carboxylic acids is 1. The number of aromatic nitrogens is 1. The highest BCUT2D eigenvalue weighted by molar-refractivity contribution is 6.41. The Bertz CT molecular complexity index is 400. The van der Waals surface area contributed by atoms with E-state index in [-0.39, 0.29) is 22.2 Å². The van der Waals surface area contributed by atoms with E-state index in [1.807, 2.05) is 0 Å². The number of hydrogen-bond acceptors (Lipinski definition) is 4. The first-order chi connectivity index (χ1) is 7.43. The first-order valence-electron chi connectivity index (χ1n) is 4.37. The molecule has 1 aromatic rings. The van der Waals surface area contributed by atoms with Crippen molar-refractivity contribution in [2.75, 3.05) is 0 Å². The van der Waals surface area contributed by atoms with Crippen LogP contribution in [0.2, 0.25) is 10.2 Å². The van der Waals surface area contributed by atoms with Gasteiger partial charge in [0.1, 0.15) is 11.3 Å². The lowest BCUT2D eigenvalue weighted by atomic mass is 10.0. The third-order valence-corrected chi connectivity index (χ3v) is 2.75. The van der Waals surface area contributed by atoms with E-state index in [1.54, 1.807) is 0 Å². The molecule has 0 saturated heterocycles. The Morgan fingerprint density at radius 1 is 1.50 bits per heavy atom. The Balaban J connectivity index is 2.91. The van der Waals surface area contributed by atoms with E-state index in [9.17, 15) is 15.0 Å². The molecule has 88 valence electrons. The van der Waals surface area contributed by atoms with Gasteiger partial charge in [0.25, 0.3) is 0 Å². The first kappa shape index (κ1) is 13.2. The number of carbonyl (C=O) groups is 1. The lowest BCUT2D eigenvalue weighted by molar-refractivity contribution is -0.121. The van der Waals surface area contributed by atoms with Crippen LogP contribution in [0.5, 0.6) is 0 Å². The molecule has 2 atom stereocenters. The number of hydrogen-bond donors (Lipinski definition) is 3. The van der Waals surface area contributed by atoms with Gasteiger partial charge in [-0.05, 0) is 6.07 Å². The predicted molar refractivity (Wildman–Crippen MR) is 59.0 cm³/mol. The summed E-state index contributed by atoms with van der Waals surface area (Å²) in [5.74, 6) is -0.720. The van der Waals surface area contributed by atoms with Crippen molar-refractivity contribution >= 4 is 29.1 Å². The van der Waals surface area contributed by atoms with Gasteiger partial charge >= 0.3 is 0 Å². The predicted octanol–water partition coefficient (Wildman–Crippen LogP) is 0.658. The number of halogens is 2. The SMILES string of the molecule is NC(=O)CC(O)C(O)c1ccnc(Cl)c1Cl. The maximum Gasteiger partial charge on any atom is 0.220 e. The van der Waals surface area contributed by atoms with Crippen LogP contribution in [0.3, 0.4) is 0 Å². The number of nitrogens with zero attached hydrogens (tertiary/aromatic N) is 1. The van der Waals surface area contributed by atoms with Gasteiger partial charge in [0.2, 0.25) is 5.91 Å². The van der Waals surface area contributed by atoms with Crippen LogP contribution in [0.4, 0.5) is 0 Å². The fourth-order valence-corrected chi connectivity index (χ4v) is 1.57. The van der Waals surface area contributed by atoms with E-state index in [0.29, 0.717) is 0 Å². The van der Waals surface area contributed by atoms with Crippen molar-refractivity contribution in [2.45, 2.75) is 18.6 Å². The Labute approximate surface area is 102 Å². The van der Waals surface area contributed by atoms with E-state index in [2.05, 4.69) is 4.98 Å². The molecule has 1 heterocycles. The Kier molecular flexibility index (Phi) is 4.49. The molecule has 7 heteroatoms. The summed E-state index contributed by atoms with van der Waals surface area (Å²) in [5.41, 5.74) is 5.10. The molecular formula is C9H10Cl2N2O3. The van der Waals surface area contributed by atoms with Crippen molar-refractivity contribution in [1.82, 2.24) is 4.98 Å². The molecular weight excluding hydrogens is 255 g/mol. The third kappa shape index (κ3) is 3.05. The topological polar surface area (TPSA) is 96.4 Å². The minimum Gasteiger partial charge on any atom is -0.390 e. The highest BCUT2D eigenvalue weighted by Gasteiger charge is 2.23. The van der Waals surface area contributed by atoms with Gasteiger partial charge in [0.15, 0.2) is 0 Å². The molecule has 0 aliphatic rings. The summed E-state index contributed by atoms with van der Waals surface area (Å²) >= 11 is 11.4. The smallest absolute Gasteiger partial charge is 0.220 e. The van der Waals surface area contributed by atoms with Crippen molar-refractivity contribution in [3.05, 3.63) is 28.0 Å². The maximum atomic E-state index is 10.6. The molecule has 0 saturated carbocycles. The summed E-state index contributed by atoms with van der Waals surface area (Å²) in [7, 11) is 0. The standard InChI is InChI=1S/C9H10Cl2N2O3/c10-7-4(1-2-13-9(7)11)8(16)5(14)3-6(12)15/h1-2,5,8,14,16H,3H2,(H2,12,15). The summed E-state index contributed by atoms with van der Waals surface area (Å²) in [6, 6.07) is 1.41. The van der Waals surface area contributed by atoms with Gasteiger partial charge < -0.3 is 15.9 Å². The van der Waals surface area contributed by atoms with Crippen molar-refractivity contribution < 1.29 is 15.0 Å². The zero-order valence-electron chi connectivity index (χ0n) is 8.10. The molecule has 4 N–H and O–H groups in total. The summed E-state index contributed by atoms with van der Waals surface area (Å²) in [6.07, 6.45) is -1.68. The number of rotatable bonds is 4. The molecule has 0 aliphatic heterocycles. The molecule has 16 heavy (non-hydrogen) atoms. The van der Waals surface area contributed by atoms with Crippen molar-refractivity contribution in [3.63, 3.8) is 0 Å². The van der Waals surface area contributed by atoms with Crippen molar-refractivity contribution in [3.8, 4) is 0 Å². The van der Waals surface area contributed by atoms with E-state index in [0.717, 1.165) is 0 Å². The molecule has 2 unspecified atom stereocenters. The van der Waals surface area contributed by atoms with E-state index in [1.165, 1.54) is 12.3 Å². The average molecular weight is 265 g/mol. The minimum atomic E-state index is -1.33. The Morgan fingerprint density at radius 2 is 2.12 bits per heavy atom. The molecule has 0 fully saturated rings. The van der Waals surface area contributed by atoms with Crippen LogP contribution < -0.4 is 5.73 Å². The fraction of sp³-hybridized carbons (Fsp3) is 0.333. The second-order valence-electron chi connectivity index (χ2n) is 3.19. The third-order valence-electron chi connectivity index (χ3n) is 1.97. The second kappa shape index (κ2) is 5.45. The number of primary amides is 1. The summed E-state index contributed by atoms with van der Waals surface area (Å²) in [5, 5.41) is 19.3. The van der Waals surface area contributed by atoms with Gasteiger partial charge in [0.05, 0.1) is 17.5 Å². The molecule has 0 spiro atoms. The van der Waals surface area contributed by atoms with Crippen LogP contribution in [-0.2, 0) is 4.79 Å². The molecule has 1 amide bonds. The molecule has 0 radical (unpaired) electrons.